The lowest BCUT2D eigenvalue weighted by atomic mass is 10.0. The minimum absolute atomic E-state index is 0.0357. The van der Waals surface area contributed by atoms with Crippen molar-refractivity contribution in [2.75, 3.05) is 55.0 Å². The van der Waals surface area contributed by atoms with Crippen molar-refractivity contribution in [1.82, 2.24) is 4.90 Å². The van der Waals surface area contributed by atoms with Crippen molar-refractivity contribution >= 4 is 34.8 Å². The van der Waals surface area contributed by atoms with Gasteiger partial charge in [0, 0.05) is 50.9 Å². The highest BCUT2D eigenvalue weighted by Gasteiger charge is 2.44. The van der Waals surface area contributed by atoms with Gasteiger partial charge >= 0.3 is 0 Å². The summed E-state index contributed by atoms with van der Waals surface area (Å²) in [5.74, 6) is 0.630. The summed E-state index contributed by atoms with van der Waals surface area (Å²) in [6.07, 6.45) is 0.920. The van der Waals surface area contributed by atoms with Gasteiger partial charge in [-0.2, -0.15) is 0 Å². The predicted molar refractivity (Wildman–Crippen MR) is 121 cm³/mol. The van der Waals surface area contributed by atoms with Gasteiger partial charge in [0.2, 0.25) is 11.8 Å². The first-order valence-electron chi connectivity index (χ1n) is 10.9. The van der Waals surface area contributed by atoms with Crippen LogP contribution in [0, 0.1) is 0 Å². The summed E-state index contributed by atoms with van der Waals surface area (Å²) in [4.78, 5) is 45.5. The third kappa shape index (κ3) is 3.26. The van der Waals surface area contributed by atoms with Crippen LogP contribution in [-0.2, 0) is 9.59 Å². The number of likely N-dealkylation sites (N-methyl/N-ethyl adjacent to an activating group) is 1. The molecule has 0 radical (unpaired) electrons. The number of carbonyl (C=O) groups excluding carboxylic acids is 3. The Morgan fingerprint density at radius 2 is 1.69 bits per heavy atom. The van der Waals surface area contributed by atoms with Crippen molar-refractivity contribution in [3.63, 3.8) is 0 Å². The molecule has 8 heteroatoms. The number of hydrogen-bond acceptors (Lipinski definition) is 5. The van der Waals surface area contributed by atoms with E-state index in [-0.39, 0.29) is 17.7 Å². The molecular formula is C24H26N4O4. The van der Waals surface area contributed by atoms with Gasteiger partial charge in [0.05, 0.1) is 18.5 Å². The molecule has 0 saturated carbocycles. The highest BCUT2D eigenvalue weighted by molar-refractivity contribution is 6.15. The number of nitrogens with zero attached hydrogens (tertiary/aromatic N) is 4. The molecule has 1 atom stereocenters. The highest BCUT2D eigenvalue weighted by Crippen LogP contribution is 2.40. The Bertz CT molecular complexity index is 1080. The number of amides is 3. The number of hydrogen-bond donors (Lipinski definition) is 0. The van der Waals surface area contributed by atoms with Gasteiger partial charge in [0.1, 0.15) is 11.8 Å². The number of methoxy groups -OCH3 is 1. The monoisotopic (exact) mass is 434 g/mol. The van der Waals surface area contributed by atoms with Crippen LogP contribution in [0.2, 0.25) is 0 Å². The van der Waals surface area contributed by atoms with Crippen LogP contribution < -0.4 is 19.4 Å². The maximum Gasteiger partial charge on any atom is 0.254 e. The maximum absolute atomic E-state index is 13.2. The Morgan fingerprint density at radius 3 is 2.38 bits per heavy atom. The van der Waals surface area contributed by atoms with Crippen molar-refractivity contribution in [2.24, 2.45) is 0 Å². The second kappa shape index (κ2) is 7.85. The van der Waals surface area contributed by atoms with Gasteiger partial charge in [0.25, 0.3) is 5.91 Å². The molecule has 3 aliphatic rings. The van der Waals surface area contributed by atoms with Gasteiger partial charge in [-0.25, -0.2) is 0 Å². The first-order chi connectivity index (χ1) is 15.5. The van der Waals surface area contributed by atoms with E-state index in [0.717, 1.165) is 24.5 Å². The number of benzene rings is 2. The zero-order valence-corrected chi connectivity index (χ0v) is 18.3. The minimum atomic E-state index is -0.424. The fourth-order valence-electron chi connectivity index (χ4n) is 4.83. The zero-order valence-electron chi connectivity index (χ0n) is 18.3. The van der Waals surface area contributed by atoms with Crippen LogP contribution >= 0.6 is 0 Å². The van der Waals surface area contributed by atoms with Gasteiger partial charge in [-0.3, -0.25) is 19.3 Å². The summed E-state index contributed by atoms with van der Waals surface area (Å²) >= 11 is 0. The maximum atomic E-state index is 13.2. The van der Waals surface area contributed by atoms with Gasteiger partial charge in [-0.05, 0) is 48.9 Å². The lowest BCUT2D eigenvalue weighted by molar-refractivity contribution is -0.122. The normalized spacial score (nSPS) is 20.4. The Kier molecular flexibility index (Phi) is 5.00. The second-order valence-corrected chi connectivity index (χ2v) is 8.40. The van der Waals surface area contributed by atoms with Crippen molar-refractivity contribution in [3.05, 3.63) is 48.0 Å². The average Bonchev–Trinajstić information content (AvgIpc) is 3.23. The number of carbonyl (C=O) groups is 3. The molecule has 0 aromatic heterocycles. The van der Waals surface area contributed by atoms with E-state index in [1.165, 1.54) is 0 Å². The molecule has 32 heavy (non-hydrogen) atoms. The molecular weight excluding hydrogens is 408 g/mol. The average molecular weight is 434 g/mol. The van der Waals surface area contributed by atoms with E-state index in [0.29, 0.717) is 42.9 Å². The molecule has 2 fully saturated rings. The molecule has 2 aromatic carbocycles. The number of piperazine rings is 1. The SMILES string of the molecule is COc1ccc(N2CCN(C(=O)c3ccc4c(c3)N(C)C(=O)[C@@H]3CCC(=O)N43)CC2)cc1. The van der Waals surface area contributed by atoms with E-state index in [2.05, 4.69) is 4.90 Å². The lowest BCUT2D eigenvalue weighted by Gasteiger charge is -2.38. The van der Waals surface area contributed by atoms with Crippen LogP contribution in [0.3, 0.4) is 0 Å². The van der Waals surface area contributed by atoms with Gasteiger partial charge < -0.3 is 19.4 Å². The number of fused-ring (bicyclic) bond motifs is 3. The molecule has 2 saturated heterocycles. The molecule has 2 aromatic rings. The molecule has 3 aliphatic heterocycles. The molecule has 0 spiro atoms. The van der Waals surface area contributed by atoms with E-state index >= 15 is 0 Å². The Labute approximate surface area is 186 Å². The molecule has 3 heterocycles. The van der Waals surface area contributed by atoms with E-state index in [9.17, 15) is 14.4 Å². The van der Waals surface area contributed by atoms with Gasteiger partial charge in [0.15, 0.2) is 0 Å². The van der Waals surface area contributed by atoms with Crippen LogP contribution in [0.4, 0.5) is 17.1 Å². The third-order valence-corrected chi connectivity index (χ3v) is 6.68. The molecule has 8 nitrogen and oxygen atoms in total. The molecule has 5 rings (SSSR count). The minimum Gasteiger partial charge on any atom is -0.497 e. The standard InChI is InChI=1S/C24H26N4O4/c1-25-21-15-16(3-8-19(21)28-20(24(25)31)9-10-22(28)29)23(30)27-13-11-26(12-14-27)17-4-6-18(32-2)7-5-17/h3-8,15,20H,9-14H2,1-2H3/t20-/m0/s1. The Morgan fingerprint density at radius 1 is 0.969 bits per heavy atom. The largest absolute Gasteiger partial charge is 0.497 e. The number of ether oxygens (including phenoxy) is 1. The van der Waals surface area contributed by atoms with E-state index < -0.39 is 6.04 Å². The van der Waals surface area contributed by atoms with E-state index in [1.807, 2.05) is 29.2 Å². The Hall–Kier alpha value is -3.55. The quantitative estimate of drug-likeness (QED) is 0.740. The Balaban J connectivity index is 1.31. The van der Waals surface area contributed by atoms with Crippen LogP contribution in [0.5, 0.6) is 5.75 Å². The number of anilines is 3. The van der Waals surface area contributed by atoms with Crippen molar-refractivity contribution < 1.29 is 19.1 Å². The molecule has 166 valence electrons. The van der Waals surface area contributed by atoms with Crippen molar-refractivity contribution in [3.8, 4) is 5.75 Å². The van der Waals surface area contributed by atoms with Gasteiger partial charge in [-0.1, -0.05) is 0 Å². The molecule has 3 amide bonds. The third-order valence-electron chi connectivity index (χ3n) is 6.68. The molecule has 0 N–H and O–H groups in total. The van der Waals surface area contributed by atoms with Crippen LogP contribution in [-0.4, -0.2) is 69.0 Å². The highest BCUT2D eigenvalue weighted by atomic mass is 16.5. The fourth-order valence-corrected chi connectivity index (χ4v) is 4.83. The van der Waals surface area contributed by atoms with E-state index in [4.69, 9.17) is 4.74 Å². The summed E-state index contributed by atoms with van der Waals surface area (Å²) in [6, 6.07) is 12.8. The first-order valence-corrected chi connectivity index (χ1v) is 10.9. The zero-order chi connectivity index (χ0) is 22.4. The van der Waals surface area contributed by atoms with Crippen LogP contribution in [0.25, 0.3) is 0 Å². The van der Waals surface area contributed by atoms with Gasteiger partial charge in [-0.15, -0.1) is 0 Å². The summed E-state index contributed by atoms with van der Waals surface area (Å²) in [5, 5.41) is 0. The topological polar surface area (TPSA) is 73.4 Å². The molecule has 0 bridgehead atoms. The molecule has 0 unspecified atom stereocenters. The van der Waals surface area contributed by atoms with Crippen molar-refractivity contribution in [2.45, 2.75) is 18.9 Å². The van der Waals surface area contributed by atoms with Crippen LogP contribution in [0.1, 0.15) is 23.2 Å². The smallest absolute Gasteiger partial charge is 0.254 e. The van der Waals surface area contributed by atoms with Crippen molar-refractivity contribution in [1.29, 1.82) is 0 Å². The summed E-state index contributed by atoms with van der Waals surface area (Å²) in [6.45, 7) is 2.71. The predicted octanol–water partition coefficient (Wildman–Crippen LogP) is 2.13. The summed E-state index contributed by atoms with van der Waals surface area (Å²) in [5.41, 5.74) is 2.97. The second-order valence-electron chi connectivity index (χ2n) is 8.40. The van der Waals surface area contributed by atoms with Crippen LogP contribution in [0.15, 0.2) is 42.5 Å². The molecule has 0 aliphatic carbocycles. The number of rotatable bonds is 3. The first kappa shape index (κ1) is 20.4. The lowest BCUT2D eigenvalue weighted by Crippen LogP contribution is -2.50. The summed E-state index contributed by atoms with van der Waals surface area (Å²) in [7, 11) is 3.36. The van der Waals surface area contributed by atoms with E-state index in [1.54, 1.807) is 42.2 Å². The fraction of sp³-hybridized carbons (Fsp3) is 0.375. The summed E-state index contributed by atoms with van der Waals surface area (Å²) < 4.78 is 5.22.